The lowest BCUT2D eigenvalue weighted by Crippen LogP contribution is -2.37. The molecule has 0 amide bonds. The second-order valence-electron chi connectivity index (χ2n) is 7.42. The van der Waals surface area contributed by atoms with E-state index in [1.807, 2.05) is 72.8 Å². The molecule has 0 spiro atoms. The predicted molar refractivity (Wildman–Crippen MR) is 112 cm³/mol. The number of hydrogen-bond acceptors (Lipinski definition) is 3. The molecule has 0 heterocycles. The predicted octanol–water partition coefficient (Wildman–Crippen LogP) is 4.88. The SMILES string of the molecule is Oc1ccc(C2(c3ccc(O)cc3)c3ccccc3C(O)c3ccccc32)cc1. The summed E-state index contributed by atoms with van der Waals surface area (Å²) in [6.45, 7) is 0. The van der Waals surface area contributed by atoms with E-state index in [0.29, 0.717) is 0 Å². The van der Waals surface area contributed by atoms with Gasteiger partial charge in [-0.05, 0) is 57.6 Å². The fraction of sp³-hybridized carbons (Fsp3) is 0.0769. The molecule has 0 saturated heterocycles. The molecule has 1 aliphatic carbocycles. The second kappa shape index (κ2) is 6.50. The van der Waals surface area contributed by atoms with Crippen LogP contribution in [-0.2, 0) is 5.41 Å². The van der Waals surface area contributed by atoms with Crippen LogP contribution in [0.15, 0.2) is 97.1 Å². The smallest absolute Gasteiger partial charge is 0.115 e. The molecule has 0 aromatic heterocycles. The molecule has 0 atom stereocenters. The number of hydrogen-bond donors (Lipinski definition) is 3. The first-order valence-corrected chi connectivity index (χ1v) is 9.58. The highest BCUT2D eigenvalue weighted by Crippen LogP contribution is 2.53. The normalized spacial score (nSPS) is 14.8. The zero-order valence-electron chi connectivity index (χ0n) is 15.7. The maximum atomic E-state index is 11.1. The summed E-state index contributed by atoms with van der Waals surface area (Å²) >= 11 is 0. The summed E-state index contributed by atoms with van der Waals surface area (Å²) in [6, 6.07) is 30.3. The van der Waals surface area contributed by atoms with Crippen molar-refractivity contribution in [3.8, 4) is 11.5 Å². The molecule has 1 aliphatic rings. The summed E-state index contributed by atoms with van der Waals surface area (Å²) in [7, 11) is 0. The van der Waals surface area contributed by atoms with Gasteiger partial charge in [-0.3, -0.25) is 0 Å². The number of aliphatic hydroxyl groups is 1. The van der Waals surface area contributed by atoms with Crippen LogP contribution >= 0.6 is 0 Å². The average molecular weight is 380 g/mol. The maximum absolute atomic E-state index is 11.1. The van der Waals surface area contributed by atoms with E-state index in [9.17, 15) is 15.3 Å². The van der Waals surface area contributed by atoms with Crippen LogP contribution in [0.3, 0.4) is 0 Å². The number of rotatable bonds is 2. The first-order chi connectivity index (χ1) is 14.1. The number of fused-ring (bicyclic) bond motifs is 2. The molecule has 0 saturated carbocycles. The highest BCUT2D eigenvalue weighted by atomic mass is 16.3. The quantitative estimate of drug-likeness (QED) is 0.465. The molecule has 0 fully saturated rings. The van der Waals surface area contributed by atoms with E-state index in [-0.39, 0.29) is 11.5 Å². The Morgan fingerprint density at radius 1 is 0.517 bits per heavy atom. The number of aromatic hydroxyl groups is 2. The molecule has 4 aromatic rings. The Bertz CT molecular complexity index is 1080. The third-order valence-electron chi connectivity index (χ3n) is 5.92. The minimum atomic E-state index is -0.718. The molecule has 4 aromatic carbocycles. The number of benzene rings is 4. The Morgan fingerprint density at radius 3 is 1.31 bits per heavy atom. The first kappa shape index (κ1) is 17.5. The first-order valence-electron chi connectivity index (χ1n) is 9.58. The third-order valence-corrected chi connectivity index (χ3v) is 5.92. The van der Waals surface area contributed by atoms with Crippen molar-refractivity contribution in [3.63, 3.8) is 0 Å². The van der Waals surface area contributed by atoms with Gasteiger partial charge in [-0.25, -0.2) is 0 Å². The van der Waals surface area contributed by atoms with Gasteiger partial charge in [0.05, 0.1) is 5.41 Å². The Morgan fingerprint density at radius 2 is 0.897 bits per heavy atom. The zero-order valence-corrected chi connectivity index (χ0v) is 15.7. The zero-order chi connectivity index (χ0) is 20.0. The van der Waals surface area contributed by atoms with E-state index in [2.05, 4.69) is 0 Å². The van der Waals surface area contributed by atoms with Crippen LogP contribution in [-0.4, -0.2) is 15.3 Å². The third kappa shape index (κ3) is 2.48. The molecule has 0 radical (unpaired) electrons. The van der Waals surface area contributed by atoms with Crippen molar-refractivity contribution >= 4 is 0 Å². The Labute approximate surface area is 169 Å². The molecular formula is C26H20O3. The van der Waals surface area contributed by atoms with Crippen LogP contribution in [0, 0.1) is 0 Å². The van der Waals surface area contributed by atoms with E-state index < -0.39 is 11.5 Å². The van der Waals surface area contributed by atoms with E-state index in [1.54, 1.807) is 24.3 Å². The number of aliphatic hydroxyl groups excluding tert-OH is 1. The fourth-order valence-corrected chi connectivity index (χ4v) is 4.68. The summed E-state index contributed by atoms with van der Waals surface area (Å²) in [4.78, 5) is 0. The van der Waals surface area contributed by atoms with Gasteiger partial charge in [-0.1, -0.05) is 72.8 Å². The topological polar surface area (TPSA) is 60.7 Å². The van der Waals surface area contributed by atoms with Gasteiger partial charge >= 0.3 is 0 Å². The molecule has 3 nitrogen and oxygen atoms in total. The van der Waals surface area contributed by atoms with E-state index in [1.165, 1.54) is 0 Å². The maximum Gasteiger partial charge on any atom is 0.115 e. The summed E-state index contributed by atoms with van der Waals surface area (Å²) in [5.74, 6) is 0.402. The van der Waals surface area contributed by atoms with Gasteiger partial charge in [0.2, 0.25) is 0 Å². The van der Waals surface area contributed by atoms with Gasteiger partial charge < -0.3 is 15.3 Å². The van der Waals surface area contributed by atoms with Crippen LogP contribution in [0.2, 0.25) is 0 Å². The summed E-state index contributed by atoms with van der Waals surface area (Å²) in [5, 5.41) is 31.0. The largest absolute Gasteiger partial charge is 0.508 e. The summed E-state index contributed by atoms with van der Waals surface area (Å²) < 4.78 is 0. The molecule has 3 heteroatoms. The van der Waals surface area contributed by atoms with Crippen molar-refractivity contribution in [2.24, 2.45) is 0 Å². The molecule has 5 rings (SSSR count). The molecular weight excluding hydrogens is 360 g/mol. The van der Waals surface area contributed by atoms with E-state index in [4.69, 9.17) is 0 Å². The Hall–Kier alpha value is -3.56. The Kier molecular flexibility index (Phi) is 3.93. The van der Waals surface area contributed by atoms with Gasteiger partial charge in [-0.2, -0.15) is 0 Å². The lowest BCUT2D eigenvalue weighted by Gasteiger charge is -2.43. The summed E-state index contributed by atoms with van der Waals surface area (Å²) in [5.41, 5.74) is 4.96. The van der Waals surface area contributed by atoms with Crippen LogP contribution in [0.25, 0.3) is 0 Å². The highest BCUT2D eigenvalue weighted by molar-refractivity contribution is 5.67. The standard InChI is InChI=1S/C26H20O3/c27-19-13-9-17(10-14-19)26(18-11-15-20(28)16-12-18)23-7-3-1-5-21(23)25(29)22-6-2-4-8-24(22)26/h1-16,25,27-29H. The summed E-state index contributed by atoms with van der Waals surface area (Å²) in [6.07, 6.45) is -0.718. The molecule has 0 unspecified atom stereocenters. The van der Waals surface area contributed by atoms with Crippen molar-refractivity contribution in [3.05, 3.63) is 130 Å². The highest BCUT2D eigenvalue weighted by Gasteiger charge is 2.45. The van der Waals surface area contributed by atoms with Crippen molar-refractivity contribution in [1.82, 2.24) is 0 Å². The van der Waals surface area contributed by atoms with Crippen LogP contribution in [0.1, 0.15) is 39.5 Å². The monoisotopic (exact) mass is 380 g/mol. The second-order valence-corrected chi connectivity index (χ2v) is 7.42. The molecule has 142 valence electrons. The minimum Gasteiger partial charge on any atom is -0.508 e. The number of phenols is 2. The Balaban J connectivity index is 1.96. The minimum absolute atomic E-state index is 0.201. The van der Waals surface area contributed by atoms with Crippen molar-refractivity contribution < 1.29 is 15.3 Å². The van der Waals surface area contributed by atoms with Gasteiger partial charge in [0.25, 0.3) is 0 Å². The van der Waals surface area contributed by atoms with E-state index >= 15 is 0 Å². The fourth-order valence-electron chi connectivity index (χ4n) is 4.68. The van der Waals surface area contributed by atoms with Gasteiger partial charge in [0.15, 0.2) is 0 Å². The van der Waals surface area contributed by atoms with Crippen molar-refractivity contribution in [2.45, 2.75) is 11.5 Å². The van der Waals surface area contributed by atoms with Crippen LogP contribution < -0.4 is 0 Å². The van der Waals surface area contributed by atoms with Crippen LogP contribution in [0.4, 0.5) is 0 Å². The van der Waals surface area contributed by atoms with Gasteiger partial charge in [0, 0.05) is 0 Å². The van der Waals surface area contributed by atoms with Gasteiger partial charge in [-0.15, -0.1) is 0 Å². The van der Waals surface area contributed by atoms with Crippen molar-refractivity contribution in [1.29, 1.82) is 0 Å². The molecule has 0 aliphatic heterocycles. The molecule has 0 bridgehead atoms. The molecule has 3 N–H and O–H groups in total. The average Bonchev–Trinajstić information content (AvgIpc) is 2.76. The number of phenolic OH excluding ortho intramolecular Hbond substituents is 2. The van der Waals surface area contributed by atoms with E-state index in [0.717, 1.165) is 33.4 Å². The lowest BCUT2D eigenvalue weighted by molar-refractivity contribution is 0.212. The van der Waals surface area contributed by atoms with Gasteiger partial charge in [0.1, 0.15) is 17.6 Å². The van der Waals surface area contributed by atoms with Crippen LogP contribution in [0.5, 0.6) is 11.5 Å². The lowest BCUT2D eigenvalue weighted by atomic mass is 9.59. The molecule has 29 heavy (non-hydrogen) atoms. The van der Waals surface area contributed by atoms with Crippen molar-refractivity contribution in [2.75, 3.05) is 0 Å².